The largest absolute Gasteiger partial charge is 0.356 e. The molecule has 0 spiro atoms. The predicted molar refractivity (Wildman–Crippen MR) is 104 cm³/mol. The number of hydrogen-bond acceptors (Lipinski definition) is 4. The van der Waals surface area contributed by atoms with Crippen LogP contribution >= 0.6 is 0 Å². The Hall–Kier alpha value is -3.40. The number of hydrogen-bond donors (Lipinski definition) is 1. The number of pyridine rings is 1. The number of piperazine rings is 1. The Morgan fingerprint density at radius 1 is 1.25 bits per heavy atom. The second kappa shape index (κ2) is 7.31. The SMILES string of the molecule is Cc1[nH]c2c(F)cccc2c1CC(=O)N1CCN(c2ncccc2C#N)CC1. The lowest BCUT2D eigenvalue weighted by Crippen LogP contribution is -2.49. The van der Waals surface area contributed by atoms with E-state index in [1.807, 2.05) is 22.8 Å². The molecule has 0 unspecified atom stereocenters. The zero-order chi connectivity index (χ0) is 19.7. The number of benzene rings is 1. The Morgan fingerprint density at radius 3 is 2.79 bits per heavy atom. The number of nitrogens with one attached hydrogen (secondary N) is 1. The van der Waals surface area contributed by atoms with Crippen LogP contribution in [0.3, 0.4) is 0 Å². The van der Waals surface area contributed by atoms with Crippen LogP contribution in [0, 0.1) is 24.1 Å². The Labute approximate surface area is 162 Å². The van der Waals surface area contributed by atoms with Crippen molar-refractivity contribution in [2.24, 2.45) is 0 Å². The number of fused-ring (bicyclic) bond motifs is 1. The minimum Gasteiger partial charge on any atom is -0.356 e. The summed E-state index contributed by atoms with van der Waals surface area (Å²) >= 11 is 0. The molecule has 4 rings (SSSR count). The van der Waals surface area contributed by atoms with Crippen molar-refractivity contribution in [3.05, 3.63) is 59.2 Å². The predicted octanol–water partition coefficient (Wildman–Crippen LogP) is 2.77. The standard InChI is InChI=1S/C21H20FN5O/c1-14-17(16-5-2-6-18(22)20(16)25-14)12-19(28)26-8-10-27(11-9-26)21-15(13-23)4-3-7-24-21/h2-7,25H,8-12H2,1H3. The van der Waals surface area contributed by atoms with Gasteiger partial charge in [0.2, 0.25) is 5.91 Å². The average Bonchev–Trinajstić information content (AvgIpc) is 3.05. The van der Waals surface area contributed by atoms with Gasteiger partial charge >= 0.3 is 0 Å². The molecule has 0 saturated carbocycles. The summed E-state index contributed by atoms with van der Waals surface area (Å²) in [6, 6.07) is 10.6. The van der Waals surface area contributed by atoms with E-state index in [-0.39, 0.29) is 18.1 Å². The Morgan fingerprint density at radius 2 is 2.04 bits per heavy atom. The van der Waals surface area contributed by atoms with E-state index in [1.54, 1.807) is 24.4 Å². The first-order valence-corrected chi connectivity index (χ1v) is 9.22. The molecule has 2 aromatic heterocycles. The second-order valence-corrected chi connectivity index (χ2v) is 6.92. The van der Waals surface area contributed by atoms with Gasteiger partial charge in [-0.25, -0.2) is 9.37 Å². The highest BCUT2D eigenvalue weighted by Crippen LogP contribution is 2.25. The van der Waals surface area contributed by atoms with E-state index in [0.29, 0.717) is 43.1 Å². The van der Waals surface area contributed by atoms with Crippen LogP contribution in [0.4, 0.5) is 10.2 Å². The lowest BCUT2D eigenvalue weighted by molar-refractivity contribution is -0.130. The van der Waals surface area contributed by atoms with E-state index >= 15 is 0 Å². The number of aromatic amines is 1. The maximum atomic E-state index is 14.0. The molecule has 3 aromatic rings. The lowest BCUT2D eigenvalue weighted by atomic mass is 10.1. The molecular formula is C21H20FN5O. The van der Waals surface area contributed by atoms with E-state index in [0.717, 1.165) is 16.6 Å². The smallest absolute Gasteiger partial charge is 0.227 e. The molecule has 1 aliphatic heterocycles. The number of amides is 1. The highest BCUT2D eigenvalue weighted by molar-refractivity contribution is 5.90. The second-order valence-electron chi connectivity index (χ2n) is 6.92. The Bertz CT molecular complexity index is 1080. The number of aryl methyl sites for hydroxylation is 1. The summed E-state index contributed by atoms with van der Waals surface area (Å²) in [7, 11) is 0. The monoisotopic (exact) mass is 377 g/mol. The number of anilines is 1. The van der Waals surface area contributed by atoms with Gasteiger partial charge in [0, 0.05) is 43.5 Å². The van der Waals surface area contributed by atoms with Gasteiger partial charge in [0.15, 0.2) is 0 Å². The third-order valence-corrected chi connectivity index (χ3v) is 5.27. The number of nitrogens with zero attached hydrogens (tertiary/aromatic N) is 4. The van der Waals surface area contributed by atoms with Gasteiger partial charge in [-0.15, -0.1) is 0 Å². The van der Waals surface area contributed by atoms with Gasteiger partial charge in [-0.1, -0.05) is 12.1 Å². The summed E-state index contributed by atoms with van der Waals surface area (Å²) in [5, 5.41) is 10.0. The van der Waals surface area contributed by atoms with Gasteiger partial charge in [-0.05, 0) is 30.7 Å². The average molecular weight is 377 g/mol. The summed E-state index contributed by atoms with van der Waals surface area (Å²) in [4.78, 5) is 24.1. The van der Waals surface area contributed by atoms with Crippen LogP contribution in [0.25, 0.3) is 10.9 Å². The van der Waals surface area contributed by atoms with E-state index in [1.165, 1.54) is 6.07 Å². The number of nitriles is 1. The Balaban J connectivity index is 1.46. The molecule has 0 radical (unpaired) electrons. The third-order valence-electron chi connectivity index (χ3n) is 5.27. The summed E-state index contributed by atoms with van der Waals surface area (Å²) in [6.07, 6.45) is 1.91. The quantitative estimate of drug-likeness (QED) is 0.762. The van der Waals surface area contributed by atoms with Gasteiger partial charge < -0.3 is 14.8 Å². The van der Waals surface area contributed by atoms with Crippen molar-refractivity contribution in [3.8, 4) is 6.07 Å². The number of halogens is 1. The molecule has 6 nitrogen and oxygen atoms in total. The fraction of sp³-hybridized carbons (Fsp3) is 0.286. The van der Waals surface area contributed by atoms with Crippen LogP contribution in [0.1, 0.15) is 16.8 Å². The van der Waals surface area contributed by atoms with Crippen LogP contribution in [0.5, 0.6) is 0 Å². The maximum absolute atomic E-state index is 14.0. The van der Waals surface area contributed by atoms with Crippen molar-refractivity contribution in [1.82, 2.24) is 14.9 Å². The number of aromatic nitrogens is 2. The van der Waals surface area contributed by atoms with E-state index in [2.05, 4.69) is 16.0 Å². The first-order chi connectivity index (χ1) is 13.6. The molecule has 7 heteroatoms. The molecule has 0 bridgehead atoms. The topological polar surface area (TPSA) is 76.0 Å². The van der Waals surface area contributed by atoms with E-state index < -0.39 is 0 Å². The van der Waals surface area contributed by atoms with Crippen LogP contribution in [0.2, 0.25) is 0 Å². The van der Waals surface area contributed by atoms with Gasteiger partial charge in [-0.2, -0.15) is 5.26 Å². The number of carbonyl (C=O) groups excluding carboxylic acids is 1. The summed E-state index contributed by atoms with van der Waals surface area (Å²) < 4.78 is 14.0. The van der Waals surface area contributed by atoms with Crippen LogP contribution in [-0.4, -0.2) is 47.0 Å². The zero-order valence-corrected chi connectivity index (χ0v) is 15.6. The molecular weight excluding hydrogens is 357 g/mol. The van der Waals surface area contributed by atoms with Crippen molar-refractivity contribution in [2.75, 3.05) is 31.1 Å². The van der Waals surface area contributed by atoms with Crippen molar-refractivity contribution < 1.29 is 9.18 Å². The number of H-pyrrole nitrogens is 1. The molecule has 1 fully saturated rings. The fourth-order valence-electron chi connectivity index (χ4n) is 3.76. The summed E-state index contributed by atoms with van der Waals surface area (Å²) in [5.41, 5.74) is 2.66. The molecule has 1 saturated heterocycles. The molecule has 0 aliphatic carbocycles. The summed E-state index contributed by atoms with van der Waals surface area (Å²) in [6.45, 7) is 4.24. The summed E-state index contributed by atoms with van der Waals surface area (Å²) in [5.74, 6) is 0.381. The van der Waals surface area contributed by atoms with Crippen LogP contribution in [-0.2, 0) is 11.2 Å². The van der Waals surface area contributed by atoms with Gasteiger partial charge in [0.1, 0.15) is 17.7 Å². The van der Waals surface area contributed by atoms with Crippen molar-refractivity contribution in [2.45, 2.75) is 13.3 Å². The fourth-order valence-corrected chi connectivity index (χ4v) is 3.76. The first kappa shape index (κ1) is 18.0. The van der Waals surface area contributed by atoms with Crippen molar-refractivity contribution in [1.29, 1.82) is 5.26 Å². The third kappa shape index (κ3) is 3.18. The maximum Gasteiger partial charge on any atom is 0.227 e. The van der Waals surface area contributed by atoms with Crippen molar-refractivity contribution in [3.63, 3.8) is 0 Å². The van der Waals surface area contributed by atoms with E-state index in [4.69, 9.17) is 0 Å². The van der Waals surface area contributed by atoms with Gasteiger partial charge in [0.05, 0.1) is 17.5 Å². The molecule has 1 amide bonds. The minimum absolute atomic E-state index is 0.0226. The number of rotatable bonds is 3. The number of carbonyl (C=O) groups is 1. The van der Waals surface area contributed by atoms with Gasteiger partial charge in [-0.3, -0.25) is 4.79 Å². The molecule has 1 aromatic carbocycles. The lowest BCUT2D eigenvalue weighted by Gasteiger charge is -2.35. The minimum atomic E-state index is -0.309. The first-order valence-electron chi connectivity index (χ1n) is 9.22. The molecule has 1 aliphatic rings. The normalized spacial score (nSPS) is 14.3. The molecule has 142 valence electrons. The van der Waals surface area contributed by atoms with Gasteiger partial charge in [0.25, 0.3) is 0 Å². The van der Waals surface area contributed by atoms with Crippen LogP contribution in [0.15, 0.2) is 36.5 Å². The number of para-hydroxylation sites is 1. The molecule has 1 N–H and O–H groups in total. The van der Waals surface area contributed by atoms with Crippen molar-refractivity contribution >= 4 is 22.6 Å². The Kier molecular flexibility index (Phi) is 4.70. The van der Waals surface area contributed by atoms with Crippen LogP contribution < -0.4 is 4.90 Å². The molecule has 28 heavy (non-hydrogen) atoms. The molecule has 0 atom stereocenters. The zero-order valence-electron chi connectivity index (χ0n) is 15.6. The highest BCUT2D eigenvalue weighted by atomic mass is 19.1. The molecule has 3 heterocycles. The van der Waals surface area contributed by atoms with E-state index in [9.17, 15) is 14.4 Å². The highest BCUT2D eigenvalue weighted by Gasteiger charge is 2.24.